The van der Waals surface area contributed by atoms with Crippen LogP contribution in [0.15, 0.2) is 42.9 Å². The number of hydrogen-bond donors (Lipinski definition) is 0. The van der Waals surface area contributed by atoms with Gasteiger partial charge in [-0.2, -0.15) is 5.10 Å². The van der Waals surface area contributed by atoms with Crippen LogP contribution in [0.3, 0.4) is 0 Å². The zero-order valence-electron chi connectivity index (χ0n) is 16.7. The summed E-state index contributed by atoms with van der Waals surface area (Å²) in [5, 5.41) is 6.02. The molecule has 0 aliphatic carbocycles. The van der Waals surface area contributed by atoms with Gasteiger partial charge in [-0.3, -0.25) is 19.4 Å². The summed E-state index contributed by atoms with van der Waals surface area (Å²) < 4.78 is 41.9. The van der Waals surface area contributed by atoms with Gasteiger partial charge in [0.05, 0.1) is 19.2 Å². The number of alkyl halides is 3. The van der Waals surface area contributed by atoms with Gasteiger partial charge in [0.2, 0.25) is 0 Å². The summed E-state index contributed by atoms with van der Waals surface area (Å²) >= 11 is 0. The molecule has 1 aliphatic rings. The van der Waals surface area contributed by atoms with Gasteiger partial charge in [0.15, 0.2) is 11.5 Å². The van der Waals surface area contributed by atoms with E-state index >= 15 is 4.39 Å². The van der Waals surface area contributed by atoms with Crippen molar-refractivity contribution in [1.82, 2.24) is 19.7 Å². The Bertz CT molecular complexity index is 1060. The molecule has 8 heteroatoms. The second-order valence-corrected chi connectivity index (χ2v) is 7.90. The Hall–Kier alpha value is -2.74. The average molecular weight is 416 g/mol. The third-order valence-electron chi connectivity index (χ3n) is 5.70. The van der Waals surface area contributed by atoms with E-state index in [4.69, 9.17) is 0 Å². The number of carbonyl (C=O) groups is 1. The minimum absolute atomic E-state index is 0.0582. The molecule has 1 aromatic carbocycles. The van der Waals surface area contributed by atoms with E-state index in [-0.39, 0.29) is 38.9 Å². The molecule has 0 spiro atoms. The van der Waals surface area contributed by atoms with E-state index in [9.17, 15) is 13.6 Å². The van der Waals surface area contributed by atoms with Crippen molar-refractivity contribution in [1.29, 1.82) is 0 Å². The third kappa shape index (κ3) is 4.38. The van der Waals surface area contributed by atoms with Crippen LogP contribution in [0.25, 0.3) is 21.9 Å². The van der Waals surface area contributed by atoms with Crippen LogP contribution in [0.4, 0.5) is 13.2 Å². The Morgan fingerprint density at radius 3 is 2.57 bits per heavy atom. The Labute approximate surface area is 172 Å². The summed E-state index contributed by atoms with van der Waals surface area (Å²) in [7, 11) is 1.85. The maximum absolute atomic E-state index is 15.2. The molecule has 1 aliphatic heterocycles. The van der Waals surface area contributed by atoms with Crippen LogP contribution in [0, 0.1) is 0 Å². The van der Waals surface area contributed by atoms with Crippen LogP contribution in [-0.4, -0.2) is 57.2 Å². The highest BCUT2D eigenvalue weighted by molar-refractivity contribution is 5.91. The van der Waals surface area contributed by atoms with Crippen molar-refractivity contribution in [3.05, 3.63) is 48.5 Å². The Morgan fingerprint density at radius 2 is 1.90 bits per heavy atom. The molecule has 30 heavy (non-hydrogen) atoms. The number of Topliss-reactive ketones (excluding diaryl/α,β-unsaturated/α-hetero) is 1. The van der Waals surface area contributed by atoms with E-state index in [0.29, 0.717) is 5.69 Å². The molecule has 0 bridgehead atoms. The predicted octanol–water partition coefficient (Wildman–Crippen LogP) is 3.82. The Kier molecular flexibility index (Phi) is 5.60. The van der Waals surface area contributed by atoms with Crippen LogP contribution in [-0.2, 0) is 18.3 Å². The lowest BCUT2D eigenvalue weighted by molar-refractivity contribution is -0.133. The number of aromatic nitrogens is 3. The van der Waals surface area contributed by atoms with Crippen molar-refractivity contribution in [2.75, 3.05) is 19.6 Å². The molecular formula is C22H23F3N4O. The smallest absolute Gasteiger partial charge is 0.251 e. The molecule has 0 N–H and O–H groups in total. The molecule has 0 amide bonds. The van der Waals surface area contributed by atoms with Crippen LogP contribution < -0.4 is 0 Å². The molecule has 158 valence electrons. The van der Waals surface area contributed by atoms with Crippen LogP contribution in [0.5, 0.6) is 0 Å². The molecule has 3 aromatic rings. The number of hydrogen-bond acceptors (Lipinski definition) is 4. The van der Waals surface area contributed by atoms with Crippen molar-refractivity contribution in [2.45, 2.75) is 31.4 Å². The number of rotatable bonds is 6. The second-order valence-electron chi connectivity index (χ2n) is 7.90. The van der Waals surface area contributed by atoms with Gasteiger partial charge in [-0.05, 0) is 23.1 Å². The maximum Gasteiger partial charge on any atom is 0.251 e. The van der Waals surface area contributed by atoms with Crippen molar-refractivity contribution in [3.8, 4) is 11.1 Å². The van der Waals surface area contributed by atoms with Gasteiger partial charge >= 0.3 is 0 Å². The summed E-state index contributed by atoms with van der Waals surface area (Å²) in [6, 6.07) is 7.74. The Morgan fingerprint density at radius 1 is 1.13 bits per heavy atom. The molecule has 2 aromatic heterocycles. The summed E-state index contributed by atoms with van der Waals surface area (Å²) in [5.41, 5.74) is 0.495. The molecule has 1 saturated heterocycles. The fourth-order valence-electron chi connectivity index (χ4n) is 3.92. The SMILES string of the molecule is Cn1cc(-c2ccc3cnc(CC(=O)C4(F)CCN(CC(F)F)CC4)cc3c2)cn1. The predicted molar refractivity (Wildman–Crippen MR) is 108 cm³/mol. The van der Waals surface area contributed by atoms with Gasteiger partial charge in [0, 0.05) is 62.0 Å². The number of piperidine rings is 1. The van der Waals surface area contributed by atoms with E-state index in [1.807, 2.05) is 37.5 Å². The van der Waals surface area contributed by atoms with Crippen LogP contribution in [0.1, 0.15) is 18.5 Å². The topological polar surface area (TPSA) is 51.0 Å². The van der Waals surface area contributed by atoms with E-state index in [1.165, 1.54) is 4.90 Å². The first-order valence-electron chi connectivity index (χ1n) is 9.93. The first-order valence-corrected chi connectivity index (χ1v) is 9.93. The minimum atomic E-state index is -2.45. The standard InChI is InChI=1S/C22H23F3N4O/c1-28-13-18(12-27-28)15-2-3-16-11-26-19(9-17(16)8-15)10-20(30)22(25)4-6-29(7-5-22)14-21(23)24/h2-3,8-9,11-13,21H,4-7,10,14H2,1H3. The Balaban J connectivity index is 1.48. The lowest BCUT2D eigenvalue weighted by Gasteiger charge is -2.35. The van der Waals surface area contributed by atoms with E-state index in [0.717, 1.165) is 21.9 Å². The highest BCUT2D eigenvalue weighted by Crippen LogP contribution is 2.30. The monoisotopic (exact) mass is 416 g/mol. The minimum Gasteiger partial charge on any atom is -0.297 e. The van der Waals surface area contributed by atoms with E-state index < -0.39 is 17.9 Å². The normalized spacial score (nSPS) is 17.0. The first-order chi connectivity index (χ1) is 14.3. The molecule has 3 heterocycles. The number of benzene rings is 1. The summed E-state index contributed by atoms with van der Waals surface area (Å²) in [5.74, 6) is -0.533. The average Bonchev–Trinajstić information content (AvgIpc) is 3.15. The highest BCUT2D eigenvalue weighted by atomic mass is 19.3. The number of pyridine rings is 1. The second kappa shape index (κ2) is 8.18. The lowest BCUT2D eigenvalue weighted by atomic mass is 9.86. The number of fused-ring (bicyclic) bond motifs is 1. The maximum atomic E-state index is 15.2. The fourth-order valence-corrected chi connectivity index (χ4v) is 3.92. The van der Waals surface area contributed by atoms with Crippen molar-refractivity contribution in [3.63, 3.8) is 0 Å². The molecule has 0 atom stereocenters. The van der Waals surface area contributed by atoms with Crippen molar-refractivity contribution >= 4 is 16.6 Å². The summed E-state index contributed by atoms with van der Waals surface area (Å²) in [4.78, 5) is 18.5. The highest BCUT2D eigenvalue weighted by Gasteiger charge is 2.41. The van der Waals surface area contributed by atoms with E-state index in [1.54, 1.807) is 17.1 Å². The van der Waals surface area contributed by atoms with Crippen molar-refractivity contribution in [2.24, 2.45) is 7.05 Å². The van der Waals surface area contributed by atoms with Crippen LogP contribution in [0.2, 0.25) is 0 Å². The zero-order valence-corrected chi connectivity index (χ0v) is 16.7. The van der Waals surface area contributed by atoms with Crippen molar-refractivity contribution < 1.29 is 18.0 Å². The molecule has 1 fully saturated rings. The quantitative estimate of drug-likeness (QED) is 0.613. The first kappa shape index (κ1) is 20.5. The van der Waals surface area contributed by atoms with Gasteiger partial charge in [0.25, 0.3) is 6.43 Å². The lowest BCUT2D eigenvalue weighted by Crippen LogP contribution is -2.48. The number of carbonyl (C=O) groups excluding carboxylic acids is 1. The van der Waals surface area contributed by atoms with Gasteiger partial charge in [-0.1, -0.05) is 12.1 Å². The van der Waals surface area contributed by atoms with Gasteiger partial charge in [0.1, 0.15) is 0 Å². The number of halogens is 3. The molecule has 0 saturated carbocycles. The zero-order chi connectivity index (χ0) is 21.3. The molecule has 0 unspecified atom stereocenters. The summed E-state index contributed by atoms with van der Waals surface area (Å²) in [6.45, 7) is -0.0613. The van der Waals surface area contributed by atoms with Crippen LogP contribution >= 0.6 is 0 Å². The number of nitrogens with zero attached hydrogens (tertiary/aromatic N) is 4. The number of likely N-dealkylation sites (tertiary alicyclic amines) is 1. The summed E-state index contributed by atoms with van der Waals surface area (Å²) in [6.07, 6.45) is 2.69. The third-order valence-corrected chi connectivity index (χ3v) is 5.70. The van der Waals surface area contributed by atoms with E-state index in [2.05, 4.69) is 10.1 Å². The molecule has 5 nitrogen and oxygen atoms in total. The van der Waals surface area contributed by atoms with Gasteiger partial charge in [-0.25, -0.2) is 13.2 Å². The molecular weight excluding hydrogens is 393 g/mol. The van der Waals surface area contributed by atoms with Gasteiger partial charge in [-0.15, -0.1) is 0 Å². The molecule has 4 rings (SSSR count). The van der Waals surface area contributed by atoms with Gasteiger partial charge < -0.3 is 0 Å². The molecule has 0 radical (unpaired) electrons. The fraction of sp³-hybridized carbons (Fsp3) is 0.409. The number of aryl methyl sites for hydroxylation is 1. The number of ketones is 1. The largest absolute Gasteiger partial charge is 0.297 e.